The van der Waals surface area contributed by atoms with E-state index in [1.54, 1.807) is 11.8 Å². The van der Waals surface area contributed by atoms with Gasteiger partial charge in [-0.1, -0.05) is 0 Å². The van der Waals surface area contributed by atoms with Crippen molar-refractivity contribution in [3.05, 3.63) is 0 Å². The third-order valence-corrected chi connectivity index (χ3v) is 2.24. The van der Waals surface area contributed by atoms with Crippen LogP contribution in [-0.4, -0.2) is 37.2 Å². The highest BCUT2D eigenvalue weighted by Gasteiger charge is 2.05. The van der Waals surface area contributed by atoms with Crippen LogP contribution in [0.1, 0.15) is 20.3 Å². The smallest absolute Gasteiger partial charge is 0.246 e. The molecule has 0 aliphatic carbocycles. The molecule has 0 bridgehead atoms. The van der Waals surface area contributed by atoms with Crippen LogP contribution in [0.3, 0.4) is 0 Å². The second kappa shape index (κ2) is 8.38. The van der Waals surface area contributed by atoms with Gasteiger partial charge in [0.25, 0.3) is 0 Å². The first kappa shape index (κ1) is 12.8. The summed E-state index contributed by atoms with van der Waals surface area (Å²) in [7, 11) is 0. The second-order valence-corrected chi connectivity index (χ2v) is 3.87. The Morgan fingerprint density at radius 3 is 2.85 bits per heavy atom. The number of hydrogen-bond acceptors (Lipinski definition) is 3. The zero-order valence-corrected chi connectivity index (χ0v) is 9.45. The third kappa shape index (κ3) is 8.12. The molecule has 0 aromatic heterocycles. The summed E-state index contributed by atoms with van der Waals surface area (Å²) < 4.78 is 4.98. The van der Waals surface area contributed by atoms with Crippen molar-refractivity contribution in [3.8, 4) is 0 Å². The van der Waals surface area contributed by atoms with E-state index in [0.717, 1.165) is 12.2 Å². The van der Waals surface area contributed by atoms with E-state index in [0.29, 0.717) is 6.61 Å². The Morgan fingerprint density at radius 1 is 1.62 bits per heavy atom. The number of amides is 1. The maximum atomic E-state index is 11.1. The average molecular weight is 205 g/mol. The predicted octanol–water partition coefficient (Wildman–Crippen LogP) is 1.28. The quantitative estimate of drug-likeness (QED) is 0.680. The van der Waals surface area contributed by atoms with E-state index in [4.69, 9.17) is 4.74 Å². The monoisotopic (exact) mass is 205 g/mol. The molecule has 4 heteroatoms. The van der Waals surface area contributed by atoms with Crippen LogP contribution in [0, 0.1) is 0 Å². The molecule has 0 aromatic carbocycles. The first-order valence-corrected chi connectivity index (χ1v) is 5.96. The van der Waals surface area contributed by atoms with Crippen molar-refractivity contribution in [2.24, 2.45) is 0 Å². The molecule has 0 rings (SSSR count). The van der Waals surface area contributed by atoms with Crippen molar-refractivity contribution in [1.29, 1.82) is 0 Å². The molecule has 0 saturated carbocycles. The zero-order chi connectivity index (χ0) is 10.1. The van der Waals surface area contributed by atoms with Crippen LogP contribution in [0.2, 0.25) is 0 Å². The molecule has 0 aromatic rings. The van der Waals surface area contributed by atoms with Gasteiger partial charge in [0.2, 0.25) is 5.91 Å². The van der Waals surface area contributed by atoms with Crippen LogP contribution >= 0.6 is 11.8 Å². The van der Waals surface area contributed by atoms with Crippen LogP contribution in [0.4, 0.5) is 0 Å². The predicted molar refractivity (Wildman–Crippen MR) is 57.1 cm³/mol. The molecule has 3 nitrogen and oxygen atoms in total. The molecule has 0 heterocycles. The Balaban J connectivity index is 3.41. The van der Waals surface area contributed by atoms with Gasteiger partial charge in [0, 0.05) is 12.6 Å². The van der Waals surface area contributed by atoms with E-state index >= 15 is 0 Å². The number of nitrogens with one attached hydrogen (secondary N) is 1. The number of ether oxygens (including phenoxy) is 1. The average Bonchev–Trinajstić information content (AvgIpc) is 2.11. The van der Waals surface area contributed by atoms with Gasteiger partial charge in [-0.15, -0.1) is 0 Å². The SMILES string of the molecule is CCOCC(=O)NC(C)CCSC. The molecule has 0 radical (unpaired) electrons. The van der Waals surface area contributed by atoms with Gasteiger partial charge in [-0.3, -0.25) is 4.79 Å². The summed E-state index contributed by atoms with van der Waals surface area (Å²) in [6.07, 6.45) is 3.08. The van der Waals surface area contributed by atoms with Gasteiger partial charge in [0.15, 0.2) is 0 Å². The minimum atomic E-state index is -0.0181. The van der Waals surface area contributed by atoms with Crippen LogP contribution in [-0.2, 0) is 9.53 Å². The lowest BCUT2D eigenvalue weighted by atomic mass is 10.2. The Kier molecular flexibility index (Phi) is 8.24. The largest absolute Gasteiger partial charge is 0.372 e. The lowest BCUT2D eigenvalue weighted by Gasteiger charge is -2.12. The van der Waals surface area contributed by atoms with E-state index in [-0.39, 0.29) is 18.6 Å². The topological polar surface area (TPSA) is 38.3 Å². The minimum Gasteiger partial charge on any atom is -0.372 e. The van der Waals surface area contributed by atoms with Crippen molar-refractivity contribution in [2.45, 2.75) is 26.3 Å². The van der Waals surface area contributed by atoms with Gasteiger partial charge in [0.05, 0.1) is 0 Å². The molecule has 1 unspecified atom stereocenters. The molecule has 0 fully saturated rings. The lowest BCUT2D eigenvalue weighted by molar-refractivity contribution is -0.126. The Labute approximate surface area is 84.6 Å². The van der Waals surface area contributed by atoms with Gasteiger partial charge in [-0.25, -0.2) is 0 Å². The van der Waals surface area contributed by atoms with Gasteiger partial charge in [0.1, 0.15) is 6.61 Å². The summed E-state index contributed by atoms with van der Waals surface area (Å²) in [5.41, 5.74) is 0. The van der Waals surface area contributed by atoms with E-state index < -0.39 is 0 Å². The summed E-state index contributed by atoms with van der Waals surface area (Å²) in [5, 5.41) is 2.87. The van der Waals surface area contributed by atoms with Gasteiger partial charge < -0.3 is 10.1 Å². The summed E-state index contributed by atoms with van der Waals surface area (Å²) >= 11 is 1.79. The van der Waals surface area contributed by atoms with Crippen molar-refractivity contribution < 1.29 is 9.53 Å². The van der Waals surface area contributed by atoms with Gasteiger partial charge in [-0.05, 0) is 32.3 Å². The highest BCUT2D eigenvalue weighted by Crippen LogP contribution is 1.99. The van der Waals surface area contributed by atoms with Gasteiger partial charge in [-0.2, -0.15) is 11.8 Å². The van der Waals surface area contributed by atoms with Crippen LogP contribution in [0.5, 0.6) is 0 Å². The minimum absolute atomic E-state index is 0.0181. The van der Waals surface area contributed by atoms with E-state index in [2.05, 4.69) is 11.6 Å². The standard InChI is InChI=1S/C9H19NO2S/c1-4-12-7-9(11)10-8(2)5-6-13-3/h8H,4-7H2,1-3H3,(H,10,11). The Bertz CT molecular complexity index is 142. The molecule has 0 aliphatic rings. The third-order valence-electron chi connectivity index (χ3n) is 1.60. The van der Waals surface area contributed by atoms with Crippen LogP contribution < -0.4 is 5.32 Å². The summed E-state index contributed by atoms with van der Waals surface area (Å²) in [5.74, 6) is 1.06. The van der Waals surface area contributed by atoms with Crippen molar-refractivity contribution in [3.63, 3.8) is 0 Å². The maximum absolute atomic E-state index is 11.1. The van der Waals surface area contributed by atoms with E-state index in [1.807, 2.05) is 13.8 Å². The van der Waals surface area contributed by atoms with Crippen LogP contribution in [0.15, 0.2) is 0 Å². The van der Waals surface area contributed by atoms with Crippen molar-refractivity contribution in [2.75, 3.05) is 25.2 Å². The highest BCUT2D eigenvalue weighted by molar-refractivity contribution is 7.98. The maximum Gasteiger partial charge on any atom is 0.246 e. The molecule has 0 aliphatic heterocycles. The summed E-state index contributed by atoms with van der Waals surface area (Å²) in [6.45, 7) is 4.66. The van der Waals surface area contributed by atoms with Crippen LogP contribution in [0.25, 0.3) is 0 Å². The van der Waals surface area contributed by atoms with Crippen molar-refractivity contribution in [1.82, 2.24) is 5.32 Å². The zero-order valence-electron chi connectivity index (χ0n) is 8.63. The highest BCUT2D eigenvalue weighted by atomic mass is 32.2. The Hall–Kier alpha value is -0.220. The molecule has 0 saturated heterocycles. The number of carbonyl (C=O) groups is 1. The van der Waals surface area contributed by atoms with Crippen molar-refractivity contribution >= 4 is 17.7 Å². The molecule has 1 N–H and O–H groups in total. The number of hydrogen-bond donors (Lipinski definition) is 1. The molecule has 13 heavy (non-hydrogen) atoms. The van der Waals surface area contributed by atoms with Gasteiger partial charge >= 0.3 is 0 Å². The molecule has 1 amide bonds. The number of carbonyl (C=O) groups excluding carboxylic acids is 1. The summed E-state index contributed by atoms with van der Waals surface area (Å²) in [6, 6.07) is 0.250. The fraction of sp³-hybridized carbons (Fsp3) is 0.889. The first-order chi connectivity index (χ1) is 6.20. The normalized spacial score (nSPS) is 12.5. The molecular weight excluding hydrogens is 186 g/mol. The Morgan fingerprint density at radius 2 is 2.31 bits per heavy atom. The molecule has 0 spiro atoms. The summed E-state index contributed by atoms with van der Waals surface area (Å²) in [4.78, 5) is 11.1. The second-order valence-electron chi connectivity index (χ2n) is 2.89. The number of thioether (sulfide) groups is 1. The first-order valence-electron chi connectivity index (χ1n) is 4.56. The molecular formula is C9H19NO2S. The lowest BCUT2D eigenvalue weighted by Crippen LogP contribution is -2.35. The fourth-order valence-electron chi connectivity index (χ4n) is 0.878. The molecule has 78 valence electrons. The fourth-order valence-corrected chi connectivity index (χ4v) is 1.47. The molecule has 1 atom stereocenters. The number of rotatable bonds is 7. The van der Waals surface area contributed by atoms with E-state index in [9.17, 15) is 4.79 Å². The van der Waals surface area contributed by atoms with E-state index in [1.165, 1.54) is 0 Å².